The molecular weight excluding hydrogens is 784 g/mol. The van der Waals surface area contributed by atoms with E-state index in [0.717, 1.165) is 101 Å². The van der Waals surface area contributed by atoms with Crippen molar-refractivity contribution in [3.05, 3.63) is 106 Å². The number of allylic oxidation sites excluding steroid dienone is 1. The number of rotatable bonds is 5. The summed E-state index contributed by atoms with van der Waals surface area (Å²) in [5.41, 5.74) is 3.71. The summed E-state index contributed by atoms with van der Waals surface area (Å²) in [5.74, 6) is 0.328. The van der Waals surface area contributed by atoms with Crippen molar-refractivity contribution >= 4 is 33.2 Å². The monoisotopic (exact) mass is 842 g/mol. The number of hydrogen-bond acceptors (Lipinski definition) is 9. The Morgan fingerprint density at radius 1 is 1.02 bits per heavy atom. The highest BCUT2D eigenvalue weighted by molar-refractivity contribution is 7.90. The molecule has 3 aromatic rings. The Hall–Kier alpha value is -3.45. The Bertz CT molecular complexity index is 2150. The number of carbonyl (C=O) groups is 1. The molecule has 0 radical (unpaired) electrons. The van der Waals surface area contributed by atoms with Crippen molar-refractivity contribution in [2.24, 2.45) is 17.8 Å². The summed E-state index contributed by atoms with van der Waals surface area (Å²) < 4.78 is 50.9. The van der Waals surface area contributed by atoms with Crippen LogP contribution in [0.1, 0.15) is 66.1 Å². The van der Waals surface area contributed by atoms with E-state index >= 15 is 0 Å². The van der Waals surface area contributed by atoms with Crippen LogP contribution in [0.4, 0.5) is 5.69 Å². The third-order valence-corrected chi connectivity index (χ3v) is 16.8. The quantitative estimate of drug-likeness (QED) is 0.289. The predicted octanol–water partition coefficient (Wildman–Crippen LogP) is 6.51. The van der Waals surface area contributed by atoms with Crippen LogP contribution in [0.2, 0.25) is 5.02 Å². The molecule has 3 aromatic carbocycles. The number of anilines is 1. The summed E-state index contributed by atoms with van der Waals surface area (Å²) in [6.45, 7) is 10.1. The highest BCUT2D eigenvalue weighted by Gasteiger charge is 2.50. The van der Waals surface area contributed by atoms with Gasteiger partial charge in [-0.3, -0.25) is 14.6 Å². The molecule has 1 spiro atoms. The van der Waals surface area contributed by atoms with Gasteiger partial charge >= 0.3 is 0 Å². The van der Waals surface area contributed by atoms with Gasteiger partial charge in [-0.25, -0.2) is 13.1 Å². The zero-order valence-electron chi connectivity index (χ0n) is 34.5. The zero-order chi connectivity index (χ0) is 40.8. The molecule has 6 aliphatic rings. The van der Waals surface area contributed by atoms with Gasteiger partial charge in [0.15, 0.2) is 0 Å². The van der Waals surface area contributed by atoms with Crippen LogP contribution in [-0.4, -0.2) is 114 Å². The molecule has 59 heavy (non-hydrogen) atoms. The van der Waals surface area contributed by atoms with Crippen LogP contribution >= 0.6 is 11.6 Å². The normalized spacial score (nSPS) is 33.0. The van der Waals surface area contributed by atoms with E-state index in [-0.39, 0.29) is 23.7 Å². The van der Waals surface area contributed by atoms with Crippen molar-refractivity contribution in [2.75, 3.05) is 77.6 Å². The van der Waals surface area contributed by atoms with E-state index in [1.165, 1.54) is 11.1 Å². The van der Waals surface area contributed by atoms with Gasteiger partial charge in [0, 0.05) is 75.0 Å². The highest BCUT2D eigenvalue weighted by Crippen LogP contribution is 2.49. The summed E-state index contributed by atoms with van der Waals surface area (Å²) in [5, 5.41) is -0.104. The molecule has 1 amide bonds. The smallest absolute Gasteiger partial charge is 0.264 e. The third kappa shape index (κ3) is 8.20. The number of ether oxygens (including phenoxy) is 3. The van der Waals surface area contributed by atoms with Gasteiger partial charge in [-0.2, -0.15) is 0 Å². The number of nitrogens with zero attached hydrogens (tertiary/aromatic N) is 3. The van der Waals surface area contributed by atoms with Gasteiger partial charge in [0.2, 0.25) is 10.0 Å². The Balaban J connectivity index is 1.12. The van der Waals surface area contributed by atoms with Crippen LogP contribution in [0.25, 0.3) is 0 Å². The van der Waals surface area contributed by atoms with Gasteiger partial charge in [0.1, 0.15) is 11.4 Å². The first-order chi connectivity index (χ1) is 28.5. The van der Waals surface area contributed by atoms with Crippen molar-refractivity contribution in [1.29, 1.82) is 0 Å². The molecule has 7 atom stereocenters. The summed E-state index contributed by atoms with van der Waals surface area (Å²) in [6, 6.07) is 21.8. The van der Waals surface area contributed by atoms with Crippen molar-refractivity contribution < 1.29 is 27.4 Å². The number of methoxy groups -OCH3 is 1. The summed E-state index contributed by atoms with van der Waals surface area (Å²) >= 11 is 6.55. The fourth-order valence-corrected chi connectivity index (χ4v) is 13.1. The maximum absolute atomic E-state index is 14.4. The van der Waals surface area contributed by atoms with Crippen LogP contribution in [-0.2, 0) is 37.8 Å². The molecule has 0 unspecified atom stereocenters. The molecule has 4 heterocycles. The highest BCUT2D eigenvalue weighted by atomic mass is 35.5. The van der Waals surface area contributed by atoms with Crippen molar-refractivity contribution in [1.82, 2.24) is 14.5 Å². The number of halogens is 1. The number of aryl methyl sites for hydroxylation is 1. The molecule has 1 saturated carbocycles. The minimum absolute atomic E-state index is 0.226. The Labute approximate surface area is 355 Å². The number of sulfonamides is 1. The molecule has 2 aliphatic carbocycles. The Morgan fingerprint density at radius 3 is 2.69 bits per heavy atom. The van der Waals surface area contributed by atoms with E-state index < -0.39 is 26.8 Å². The number of piperazine rings is 1. The lowest BCUT2D eigenvalue weighted by atomic mass is 9.63. The average molecular weight is 844 g/mol. The molecule has 0 aromatic heterocycles. The third-order valence-electron chi connectivity index (χ3n) is 14.6. The number of fused-ring (bicyclic) bond motifs is 5. The Kier molecular flexibility index (Phi) is 11.6. The van der Waals surface area contributed by atoms with E-state index in [1.54, 1.807) is 6.07 Å². The first-order valence-corrected chi connectivity index (χ1v) is 23.6. The second-order valence-corrected chi connectivity index (χ2v) is 20.5. The standard InChI is InChI=1S/C47H59ClN4O6S/c1-33-8-6-19-47(56-2,31-50-20-21-51-22-23-57-29-39(51)28-50)41-15-12-37(41)27-52-30-46(18-7-11-35-25-38(48)14-16-40(35)46)32-58-43-17-13-36(26-42(43)52)45(53)49-59(54,55)44(33)24-34-9-4-3-5-10-34/h3-6,9-10,13-14,16-17,19,25-26,33,37,39,41,44H,7-8,11-12,15,18,20-24,27-32H2,1-2H3,(H,49,53)/b19-6-/t33-,37-,39-,41+,44+,46-,47-/m0/s1. The molecule has 316 valence electrons. The second-order valence-electron chi connectivity index (χ2n) is 18.2. The van der Waals surface area contributed by atoms with E-state index in [4.69, 9.17) is 25.8 Å². The maximum Gasteiger partial charge on any atom is 0.264 e. The summed E-state index contributed by atoms with van der Waals surface area (Å²) in [4.78, 5) is 21.7. The van der Waals surface area contributed by atoms with Crippen LogP contribution in [0.15, 0.2) is 78.9 Å². The van der Waals surface area contributed by atoms with Crippen LogP contribution in [0.3, 0.4) is 0 Å². The first-order valence-electron chi connectivity index (χ1n) is 21.7. The van der Waals surface area contributed by atoms with E-state index in [0.29, 0.717) is 42.8 Å². The topological polar surface area (TPSA) is 101 Å². The number of amides is 1. The lowest BCUT2D eigenvalue weighted by Gasteiger charge is -2.53. The van der Waals surface area contributed by atoms with Crippen LogP contribution in [0, 0.1) is 17.8 Å². The molecule has 2 bridgehead atoms. The Morgan fingerprint density at radius 2 is 1.88 bits per heavy atom. The molecule has 4 aliphatic heterocycles. The zero-order valence-corrected chi connectivity index (χ0v) is 36.1. The number of benzene rings is 3. The predicted molar refractivity (Wildman–Crippen MR) is 232 cm³/mol. The van der Waals surface area contributed by atoms with Crippen molar-refractivity contribution in [3.63, 3.8) is 0 Å². The van der Waals surface area contributed by atoms with Crippen LogP contribution < -0.4 is 14.4 Å². The lowest BCUT2D eigenvalue weighted by molar-refractivity contribution is -0.108. The van der Waals surface area contributed by atoms with E-state index in [1.807, 2.05) is 62.6 Å². The number of morpholine rings is 1. The molecular formula is C47H59ClN4O6S. The molecule has 2 saturated heterocycles. The van der Waals surface area contributed by atoms with Gasteiger partial charge in [-0.15, -0.1) is 0 Å². The molecule has 1 N–H and O–H groups in total. The van der Waals surface area contributed by atoms with Gasteiger partial charge in [-0.1, -0.05) is 67.1 Å². The van der Waals surface area contributed by atoms with Gasteiger partial charge in [0.25, 0.3) is 5.91 Å². The molecule has 10 nitrogen and oxygen atoms in total. The van der Waals surface area contributed by atoms with Crippen LogP contribution in [0.5, 0.6) is 5.75 Å². The largest absolute Gasteiger partial charge is 0.490 e. The minimum atomic E-state index is -4.12. The SMILES string of the molecule is CO[C@]1(CN2CCN3CCOC[C@@H]3C2)/C=C\C[C@H](C)[C@@H](Cc2ccccc2)S(=O)(=O)NC(=O)c2ccc3c(c2)N(C[C@@H]2CC[C@H]21)C[C@@]1(CCCc2cc(Cl)ccc21)CO3. The van der Waals surface area contributed by atoms with E-state index in [9.17, 15) is 13.2 Å². The molecule has 12 heteroatoms. The minimum Gasteiger partial charge on any atom is -0.490 e. The van der Waals surface area contributed by atoms with Gasteiger partial charge in [0.05, 0.1) is 30.8 Å². The maximum atomic E-state index is 14.4. The molecule has 9 rings (SSSR count). The fourth-order valence-electron chi connectivity index (χ4n) is 11.2. The summed E-state index contributed by atoms with van der Waals surface area (Å²) in [6.07, 6.45) is 10.3. The summed E-state index contributed by atoms with van der Waals surface area (Å²) in [7, 11) is -2.26. The van der Waals surface area contributed by atoms with Crippen molar-refractivity contribution in [3.8, 4) is 5.75 Å². The fraction of sp³-hybridized carbons (Fsp3) is 0.553. The average Bonchev–Trinajstić information content (AvgIpc) is 3.37. The first kappa shape index (κ1) is 40.9. The number of nitrogens with one attached hydrogen (secondary N) is 1. The molecule has 3 fully saturated rings. The van der Waals surface area contributed by atoms with Gasteiger partial charge < -0.3 is 19.1 Å². The number of hydrogen-bond donors (Lipinski definition) is 1. The van der Waals surface area contributed by atoms with Crippen molar-refractivity contribution in [2.45, 2.75) is 74.2 Å². The van der Waals surface area contributed by atoms with E-state index in [2.05, 4.69) is 43.7 Å². The lowest BCUT2D eigenvalue weighted by Crippen LogP contribution is -2.62. The number of carbonyl (C=O) groups excluding carboxylic acids is 1. The van der Waals surface area contributed by atoms with Gasteiger partial charge in [-0.05, 0) is 110 Å². The second kappa shape index (κ2) is 16.8.